The number of carbonyl (C=O) groups is 2. The van der Waals surface area contributed by atoms with E-state index in [2.05, 4.69) is 15.3 Å². The van der Waals surface area contributed by atoms with Crippen LogP contribution in [0.2, 0.25) is 0 Å². The van der Waals surface area contributed by atoms with Crippen LogP contribution in [0.25, 0.3) is 0 Å². The summed E-state index contributed by atoms with van der Waals surface area (Å²) in [5.41, 5.74) is -4.13. The number of alkyl halides is 3. The van der Waals surface area contributed by atoms with Crippen LogP contribution in [0, 0.1) is 0 Å². The standard InChI is InChI=1S/C18H26F3N3O6S/c1-16(2,3)30-15(27)24-12(14(25)26)5-9-31(28)10-6-17(29-4,18(19,20)21)13-11-22-7-8-23-13/h7-8,11-12H,5-6,9-10H2,1-4H3,(H,24,27)(H,25,26). The molecule has 1 rings (SSSR count). The number of hydrogen-bond donors (Lipinski definition) is 2. The van der Waals surface area contributed by atoms with Gasteiger partial charge in [0, 0.05) is 48.2 Å². The molecule has 0 spiro atoms. The van der Waals surface area contributed by atoms with Crippen molar-refractivity contribution in [2.45, 2.75) is 57.0 Å². The van der Waals surface area contributed by atoms with Gasteiger partial charge in [-0.3, -0.25) is 14.2 Å². The van der Waals surface area contributed by atoms with Gasteiger partial charge in [-0.15, -0.1) is 0 Å². The highest BCUT2D eigenvalue weighted by molar-refractivity contribution is 7.84. The number of alkyl carbamates (subject to hydrolysis) is 1. The van der Waals surface area contributed by atoms with Gasteiger partial charge in [-0.05, 0) is 27.2 Å². The Morgan fingerprint density at radius 2 is 1.87 bits per heavy atom. The Balaban J connectivity index is 2.79. The average Bonchev–Trinajstić information content (AvgIpc) is 2.64. The fourth-order valence-electron chi connectivity index (χ4n) is 2.56. The number of aromatic nitrogens is 2. The first-order valence-corrected chi connectivity index (χ1v) is 10.7. The molecule has 9 nitrogen and oxygen atoms in total. The lowest BCUT2D eigenvalue weighted by Gasteiger charge is -2.33. The number of aliphatic carboxylic acids is 1. The van der Waals surface area contributed by atoms with Crippen LogP contribution in [-0.4, -0.2) is 67.8 Å². The zero-order valence-corrected chi connectivity index (χ0v) is 18.4. The van der Waals surface area contributed by atoms with Crippen molar-refractivity contribution in [3.63, 3.8) is 0 Å². The smallest absolute Gasteiger partial charge is 0.423 e. The van der Waals surface area contributed by atoms with E-state index in [4.69, 9.17) is 9.47 Å². The first-order valence-electron chi connectivity index (χ1n) is 9.17. The molecule has 0 saturated carbocycles. The van der Waals surface area contributed by atoms with Gasteiger partial charge in [-0.2, -0.15) is 13.2 Å². The Hall–Kier alpha value is -2.28. The lowest BCUT2D eigenvalue weighted by Crippen LogP contribution is -2.46. The van der Waals surface area contributed by atoms with Crippen molar-refractivity contribution >= 4 is 22.9 Å². The summed E-state index contributed by atoms with van der Waals surface area (Å²) in [5.74, 6) is -2.09. The van der Waals surface area contributed by atoms with Crippen molar-refractivity contribution in [1.29, 1.82) is 0 Å². The van der Waals surface area contributed by atoms with Crippen LogP contribution in [0.3, 0.4) is 0 Å². The van der Waals surface area contributed by atoms with Crippen LogP contribution < -0.4 is 5.32 Å². The lowest BCUT2D eigenvalue weighted by molar-refractivity contribution is -0.279. The SMILES string of the molecule is COC(CCS(=O)CCC(NC(=O)OC(C)(C)C)C(=O)O)(c1cnccn1)C(F)(F)F. The number of carbonyl (C=O) groups excluding carboxylic acids is 1. The largest absolute Gasteiger partial charge is 0.480 e. The molecule has 1 aromatic heterocycles. The van der Waals surface area contributed by atoms with Gasteiger partial charge in [0.25, 0.3) is 0 Å². The summed E-state index contributed by atoms with van der Waals surface area (Å²) in [7, 11) is -0.960. The summed E-state index contributed by atoms with van der Waals surface area (Å²) >= 11 is 0. The molecule has 0 aliphatic rings. The fourth-order valence-corrected chi connectivity index (χ4v) is 3.78. The summed E-state index contributed by atoms with van der Waals surface area (Å²) in [5, 5.41) is 11.4. The van der Waals surface area contributed by atoms with E-state index in [1.807, 2.05) is 0 Å². The highest BCUT2D eigenvalue weighted by Crippen LogP contribution is 2.43. The molecule has 0 radical (unpaired) electrons. The first-order chi connectivity index (χ1) is 14.2. The minimum Gasteiger partial charge on any atom is -0.480 e. The number of nitrogens with one attached hydrogen (secondary N) is 1. The second kappa shape index (κ2) is 10.8. The second-order valence-electron chi connectivity index (χ2n) is 7.54. The highest BCUT2D eigenvalue weighted by atomic mass is 32.2. The second-order valence-corrected chi connectivity index (χ2v) is 9.24. The number of nitrogens with zero attached hydrogens (tertiary/aromatic N) is 2. The van der Waals surface area contributed by atoms with E-state index in [1.165, 1.54) is 6.20 Å². The van der Waals surface area contributed by atoms with Crippen molar-refractivity contribution in [3.05, 3.63) is 24.3 Å². The van der Waals surface area contributed by atoms with Crippen LogP contribution in [0.4, 0.5) is 18.0 Å². The highest BCUT2D eigenvalue weighted by Gasteiger charge is 2.57. The summed E-state index contributed by atoms with van der Waals surface area (Å²) in [6.45, 7) is 4.78. The quantitative estimate of drug-likeness (QED) is 0.535. The maximum Gasteiger partial charge on any atom is 0.423 e. The minimum atomic E-state index is -4.86. The van der Waals surface area contributed by atoms with Crippen LogP contribution in [0.1, 0.15) is 39.3 Å². The number of ether oxygens (including phenoxy) is 2. The number of amides is 1. The van der Waals surface area contributed by atoms with E-state index in [9.17, 15) is 32.1 Å². The predicted octanol–water partition coefficient (Wildman–Crippen LogP) is 2.39. The van der Waals surface area contributed by atoms with Gasteiger partial charge < -0.3 is 19.9 Å². The Morgan fingerprint density at radius 1 is 1.23 bits per heavy atom. The van der Waals surface area contributed by atoms with E-state index in [-0.39, 0.29) is 12.2 Å². The van der Waals surface area contributed by atoms with Crippen LogP contribution in [0.5, 0.6) is 0 Å². The van der Waals surface area contributed by atoms with Gasteiger partial charge >= 0.3 is 18.2 Å². The van der Waals surface area contributed by atoms with Crippen LogP contribution in [0.15, 0.2) is 18.6 Å². The number of rotatable bonds is 10. The summed E-state index contributed by atoms with van der Waals surface area (Å²) < 4.78 is 63.4. The van der Waals surface area contributed by atoms with Gasteiger partial charge in [0.15, 0.2) is 0 Å². The van der Waals surface area contributed by atoms with Crippen molar-refractivity contribution in [3.8, 4) is 0 Å². The molecule has 2 N–H and O–H groups in total. The third-order valence-corrected chi connectivity index (χ3v) is 5.44. The Bertz CT molecular complexity index is 773. The van der Waals surface area contributed by atoms with Gasteiger partial charge in [0.05, 0.1) is 11.9 Å². The summed E-state index contributed by atoms with van der Waals surface area (Å²) in [6, 6.07) is -1.41. The van der Waals surface area contributed by atoms with E-state index in [1.54, 1.807) is 20.8 Å². The maximum absolute atomic E-state index is 13.8. The Labute approximate surface area is 180 Å². The third kappa shape index (κ3) is 8.05. The van der Waals surface area contributed by atoms with Crippen molar-refractivity contribution in [1.82, 2.24) is 15.3 Å². The normalized spacial score (nSPS) is 16.1. The van der Waals surface area contributed by atoms with Gasteiger partial charge in [0.1, 0.15) is 11.6 Å². The zero-order chi connectivity index (χ0) is 23.9. The van der Waals surface area contributed by atoms with E-state index >= 15 is 0 Å². The number of hydrogen-bond acceptors (Lipinski definition) is 7. The zero-order valence-electron chi connectivity index (χ0n) is 17.6. The first kappa shape index (κ1) is 26.8. The summed E-state index contributed by atoms with van der Waals surface area (Å²) in [6.07, 6.45) is -3.58. The minimum absolute atomic E-state index is 0.259. The van der Waals surface area contributed by atoms with Crippen molar-refractivity contribution < 1.29 is 41.5 Å². The number of carboxylic acid groups (broad SMARTS) is 1. The van der Waals surface area contributed by atoms with Gasteiger partial charge in [-0.1, -0.05) is 0 Å². The van der Waals surface area contributed by atoms with Gasteiger partial charge in [0.2, 0.25) is 5.60 Å². The number of carboxylic acids is 1. The van der Waals surface area contributed by atoms with E-state index in [0.717, 1.165) is 19.5 Å². The molecule has 3 unspecified atom stereocenters. The molecular weight excluding hydrogens is 443 g/mol. The molecule has 0 saturated heterocycles. The molecule has 176 valence electrons. The van der Waals surface area contributed by atoms with Crippen molar-refractivity contribution in [2.75, 3.05) is 18.6 Å². The molecule has 0 bridgehead atoms. The molecule has 3 atom stereocenters. The average molecular weight is 469 g/mol. The predicted molar refractivity (Wildman–Crippen MR) is 105 cm³/mol. The molecule has 0 aliphatic heterocycles. The molecule has 1 aromatic rings. The van der Waals surface area contributed by atoms with Crippen molar-refractivity contribution in [2.24, 2.45) is 0 Å². The molecule has 13 heteroatoms. The third-order valence-electron chi connectivity index (χ3n) is 4.09. The summed E-state index contributed by atoms with van der Waals surface area (Å²) in [4.78, 5) is 30.4. The lowest BCUT2D eigenvalue weighted by atomic mass is 9.95. The molecular formula is C18H26F3N3O6S. The van der Waals surface area contributed by atoms with Gasteiger partial charge in [-0.25, -0.2) is 9.59 Å². The number of methoxy groups -OCH3 is 1. The Morgan fingerprint density at radius 3 is 2.32 bits per heavy atom. The number of halogens is 3. The topological polar surface area (TPSA) is 128 Å². The van der Waals surface area contributed by atoms with E-state index in [0.29, 0.717) is 0 Å². The molecule has 31 heavy (non-hydrogen) atoms. The monoisotopic (exact) mass is 469 g/mol. The Kier molecular flexibility index (Phi) is 9.36. The molecule has 1 amide bonds. The molecule has 0 fully saturated rings. The van der Waals surface area contributed by atoms with Crippen LogP contribution >= 0.6 is 0 Å². The maximum atomic E-state index is 13.8. The van der Waals surface area contributed by atoms with E-state index < -0.39 is 64.1 Å². The molecule has 1 heterocycles. The van der Waals surface area contributed by atoms with Crippen LogP contribution in [-0.2, 0) is 30.7 Å². The fraction of sp³-hybridized carbons (Fsp3) is 0.667. The molecule has 0 aromatic carbocycles. The molecule has 0 aliphatic carbocycles.